The molecular weight excluding hydrogens is 406 g/mol. The molecule has 0 atom stereocenters. The van der Waals surface area contributed by atoms with E-state index >= 15 is 0 Å². The van der Waals surface area contributed by atoms with Crippen LogP contribution < -0.4 is 4.80 Å². The number of halogens is 1. The third-order valence-electron chi connectivity index (χ3n) is 5.36. The van der Waals surface area contributed by atoms with Gasteiger partial charge in [-0.1, -0.05) is 37.3 Å². The number of hydrogen-bond acceptors (Lipinski definition) is 4. The zero-order valence-electron chi connectivity index (χ0n) is 16.0. The predicted molar refractivity (Wildman–Crippen MR) is 118 cm³/mol. The molecule has 1 saturated carbocycles. The zero-order chi connectivity index (χ0) is 20.2. The highest BCUT2D eigenvalue weighted by molar-refractivity contribution is 7.07. The third-order valence-corrected chi connectivity index (χ3v) is 6.45. The monoisotopic (exact) mass is 427 g/mol. The van der Waals surface area contributed by atoms with Crippen molar-refractivity contribution in [3.05, 3.63) is 73.8 Å². The van der Waals surface area contributed by atoms with Crippen LogP contribution in [-0.2, 0) is 0 Å². The Kier molecular flexibility index (Phi) is 6.11. The SMILES string of the molecule is O=[N+]([O-])c1ccc(-c2csc(=Nc3ccc(Cl)cc3)n2C2CCCCCC2)cc1. The van der Waals surface area contributed by atoms with E-state index in [0.717, 1.165) is 34.6 Å². The topological polar surface area (TPSA) is 60.4 Å². The highest BCUT2D eigenvalue weighted by atomic mass is 35.5. The van der Waals surface area contributed by atoms with Crippen LogP contribution in [0.3, 0.4) is 0 Å². The molecule has 2 aromatic carbocycles. The standard InChI is InChI=1S/C22H22ClN3O2S/c23-17-9-11-18(12-10-17)24-22-25(19-5-3-1-2-4-6-19)21(15-29-22)16-7-13-20(14-8-16)26(27)28/h7-15,19H,1-6H2. The molecule has 5 nitrogen and oxygen atoms in total. The summed E-state index contributed by atoms with van der Waals surface area (Å²) < 4.78 is 2.34. The second-order valence-electron chi connectivity index (χ2n) is 7.31. The molecule has 0 radical (unpaired) electrons. The largest absolute Gasteiger partial charge is 0.313 e. The van der Waals surface area contributed by atoms with Gasteiger partial charge in [-0.15, -0.1) is 11.3 Å². The van der Waals surface area contributed by atoms with E-state index < -0.39 is 0 Å². The van der Waals surface area contributed by atoms with Gasteiger partial charge in [-0.2, -0.15) is 0 Å². The summed E-state index contributed by atoms with van der Waals surface area (Å²) in [5.74, 6) is 0. The van der Waals surface area contributed by atoms with Crippen molar-refractivity contribution in [2.24, 2.45) is 4.99 Å². The average molecular weight is 428 g/mol. The number of nitro groups is 1. The Hall–Kier alpha value is -2.44. The number of rotatable bonds is 4. The molecule has 0 bridgehead atoms. The van der Waals surface area contributed by atoms with Gasteiger partial charge in [0, 0.05) is 28.6 Å². The Morgan fingerprint density at radius 3 is 2.28 bits per heavy atom. The lowest BCUT2D eigenvalue weighted by Crippen LogP contribution is -2.21. The minimum absolute atomic E-state index is 0.107. The summed E-state index contributed by atoms with van der Waals surface area (Å²) in [6.07, 6.45) is 7.24. The van der Waals surface area contributed by atoms with Gasteiger partial charge in [-0.25, -0.2) is 4.99 Å². The van der Waals surface area contributed by atoms with Crippen molar-refractivity contribution in [2.45, 2.75) is 44.6 Å². The molecule has 7 heteroatoms. The maximum absolute atomic E-state index is 11.0. The van der Waals surface area contributed by atoms with E-state index in [0.29, 0.717) is 11.1 Å². The molecule has 1 aliphatic carbocycles. The van der Waals surface area contributed by atoms with Gasteiger partial charge in [0.1, 0.15) is 0 Å². The summed E-state index contributed by atoms with van der Waals surface area (Å²) >= 11 is 7.62. The first-order valence-electron chi connectivity index (χ1n) is 9.87. The highest BCUT2D eigenvalue weighted by Crippen LogP contribution is 2.32. The predicted octanol–water partition coefficient (Wildman–Crippen LogP) is 6.91. The summed E-state index contributed by atoms with van der Waals surface area (Å²) in [5, 5.41) is 13.8. The van der Waals surface area contributed by atoms with Gasteiger partial charge in [0.05, 0.1) is 16.3 Å². The molecule has 0 saturated heterocycles. The van der Waals surface area contributed by atoms with Crippen LogP contribution in [0.15, 0.2) is 58.9 Å². The Balaban J connectivity index is 1.81. The maximum atomic E-state index is 11.0. The molecular formula is C22H22ClN3O2S. The number of non-ortho nitro benzene ring substituents is 1. The molecule has 3 aromatic rings. The molecule has 1 fully saturated rings. The lowest BCUT2D eigenvalue weighted by molar-refractivity contribution is -0.384. The smallest absolute Gasteiger partial charge is 0.269 e. The van der Waals surface area contributed by atoms with Crippen molar-refractivity contribution >= 4 is 34.3 Å². The van der Waals surface area contributed by atoms with Crippen LogP contribution in [0, 0.1) is 10.1 Å². The van der Waals surface area contributed by atoms with Crippen LogP contribution in [0.25, 0.3) is 11.3 Å². The third kappa shape index (κ3) is 4.60. The first-order chi connectivity index (χ1) is 14.1. The number of benzene rings is 2. The van der Waals surface area contributed by atoms with Crippen LogP contribution in [0.2, 0.25) is 5.02 Å². The molecule has 29 heavy (non-hydrogen) atoms. The van der Waals surface area contributed by atoms with Crippen molar-refractivity contribution in [3.8, 4) is 11.3 Å². The Bertz CT molecular complexity index is 1050. The number of nitro benzene ring substituents is 1. The molecule has 1 aromatic heterocycles. The lowest BCUT2D eigenvalue weighted by Gasteiger charge is -2.20. The van der Waals surface area contributed by atoms with E-state index in [1.807, 2.05) is 36.4 Å². The molecule has 150 valence electrons. The first-order valence-corrected chi connectivity index (χ1v) is 11.1. The Morgan fingerprint density at radius 1 is 1.00 bits per heavy atom. The molecule has 0 N–H and O–H groups in total. The van der Waals surface area contributed by atoms with Crippen LogP contribution in [-0.4, -0.2) is 9.49 Å². The fraction of sp³-hybridized carbons (Fsp3) is 0.318. The molecule has 4 rings (SSSR count). The molecule has 0 aliphatic heterocycles. The van der Waals surface area contributed by atoms with Crippen molar-refractivity contribution in [1.82, 2.24) is 4.57 Å². The molecule has 0 unspecified atom stereocenters. The first kappa shape index (κ1) is 19.9. The Labute approximate surface area is 178 Å². The van der Waals surface area contributed by atoms with Gasteiger partial charge in [-0.05, 0) is 54.8 Å². The summed E-state index contributed by atoms with van der Waals surface area (Å²) in [4.78, 5) is 16.5. The second-order valence-corrected chi connectivity index (χ2v) is 8.58. The fourth-order valence-electron chi connectivity index (χ4n) is 3.86. The van der Waals surface area contributed by atoms with E-state index in [1.165, 1.54) is 25.7 Å². The van der Waals surface area contributed by atoms with Crippen LogP contribution in [0.4, 0.5) is 11.4 Å². The molecule has 0 spiro atoms. The van der Waals surface area contributed by atoms with E-state index in [9.17, 15) is 10.1 Å². The molecule has 0 amide bonds. The number of hydrogen-bond donors (Lipinski definition) is 0. The van der Waals surface area contributed by atoms with Crippen LogP contribution in [0.1, 0.15) is 44.6 Å². The van der Waals surface area contributed by atoms with Crippen molar-refractivity contribution < 1.29 is 4.92 Å². The van der Waals surface area contributed by atoms with Crippen LogP contribution in [0.5, 0.6) is 0 Å². The maximum Gasteiger partial charge on any atom is 0.269 e. The quantitative estimate of drug-likeness (QED) is 0.258. The molecule has 1 aliphatic rings. The van der Waals surface area contributed by atoms with Gasteiger partial charge >= 0.3 is 0 Å². The van der Waals surface area contributed by atoms with Crippen molar-refractivity contribution in [1.29, 1.82) is 0 Å². The molecule has 1 heterocycles. The van der Waals surface area contributed by atoms with E-state index in [-0.39, 0.29) is 10.6 Å². The van der Waals surface area contributed by atoms with Gasteiger partial charge in [-0.3, -0.25) is 10.1 Å². The number of thiazole rings is 1. The summed E-state index contributed by atoms with van der Waals surface area (Å²) in [5.41, 5.74) is 3.03. The van der Waals surface area contributed by atoms with Crippen molar-refractivity contribution in [2.75, 3.05) is 0 Å². The van der Waals surface area contributed by atoms with Crippen LogP contribution >= 0.6 is 22.9 Å². The fourth-order valence-corrected chi connectivity index (χ4v) is 4.97. The Morgan fingerprint density at radius 2 is 1.66 bits per heavy atom. The van der Waals surface area contributed by atoms with Gasteiger partial charge < -0.3 is 4.57 Å². The van der Waals surface area contributed by atoms with E-state index in [4.69, 9.17) is 16.6 Å². The van der Waals surface area contributed by atoms with Gasteiger partial charge in [0.2, 0.25) is 0 Å². The van der Waals surface area contributed by atoms with E-state index in [2.05, 4.69) is 9.95 Å². The lowest BCUT2D eigenvalue weighted by atomic mass is 10.1. The zero-order valence-corrected chi connectivity index (χ0v) is 17.5. The summed E-state index contributed by atoms with van der Waals surface area (Å²) in [6.45, 7) is 0. The average Bonchev–Trinajstić information content (AvgIpc) is 2.95. The van der Waals surface area contributed by atoms with Gasteiger partial charge in [0.25, 0.3) is 5.69 Å². The minimum atomic E-state index is -0.363. The van der Waals surface area contributed by atoms with Gasteiger partial charge in [0.15, 0.2) is 4.80 Å². The second kappa shape index (κ2) is 8.93. The minimum Gasteiger partial charge on any atom is -0.313 e. The van der Waals surface area contributed by atoms with Crippen molar-refractivity contribution in [3.63, 3.8) is 0 Å². The summed E-state index contributed by atoms with van der Waals surface area (Å²) in [6, 6.07) is 14.7. The normalized spacial score (nSPS) is 16.0. The number of nitrogens with zero attached hydrogens (tertiary/aromatic N) is 3. The number of aromatic nitrogens is 1. The highest BCUT2D eigenvalue weighted by Gasteiger charge is 2.20. The van der Waals surface area contributed by atoms with E-state index in [1.54, 1.807) is 23.5 Å². The summed E-state index contributed by atoms with van der Waals surface area (Å²) in [7, 11) is 0.